The molecule has 9 heteroatoms. The van der Waals surface area contributed by atoms with Crippen molar-refractivity contribution in [3.8, 4) is 23.4 Å². The lowest BCUT2D eigenvalue weighted by Crippen LogP contribution is -2.55. The van der Waals surface area contributed by atoms with E-state index in [0.29, 0.717) is 37.4 Å². The van der Waals surface area contributed by atoms with Gasteiger partial charge in [0.15, 0.2) is 0 Å². The fourth-order valence-electron chi connectivity index (χ4n) is 7.78. The van der Waals surface area contributed by atoms with E-state index in [0.717, 1.165) is 68.3 Å². The molecule has 0 aliphatic carbocycles. The molecule has 2 saturated heterocycles. The second-order valence-electron chi connectivity index (χ2n) is 13.1. The highest BCUT2D eigenvalue weighted by Gasteiger charge is 2.35. The van der Waals surface area contributed by atoms with Gasteiger partial charge in [0.05, 0.1) is 55.4 Å². The molecule has 2 fully saturated rings. The molecule has 4 aromatic rings. The fourth-order valence-corrected chi connectivity index (χ4v) is 7.78. The van der Waals surface area contributed by atoms with Crippen LogP contribution in [0.25, 0.3) is 22.0 Å². The van der Waals surface area contributed by atoms with Crippen LogP contribution in [0.5, 0.6) is 0 Å². The highest BCUT2D eigenvalue weighted by atomic mass is 16.5. The van der Waals surface area contributed by atoms with Crippen molar-refractivity contribution in [2.45, 2.75) is 38.9 Å². The minimum atomic E-state index is -0.307. The summed E-state index contributed by atoms with van der Waals surface area (Å²) in [5.41, 5.74) is 8.67. The van der Waals surface area contributed by atoms with Crippen molar-refractivity contribution in [1.82, 2.24) is 14.8 Å². The Morgan fingerprint density at radius 2 is 1.82 bits per heavy atom. The number of anilines is 2. The zero-order chi connectivity index (χ0) is 33.9. The fraction of sp³-hybridized carbons (Fsp3) is 0.350. The van der Waals surface area contributed by atoms with E-state index < -0.39 is 0 Å². The molecule has 3 aliphatic rings. The number of amides is 1. The first-order valence-corrected chi connectivity index (χ1v) is 17.1. The number of fused-ring (bicyclic) bond motifs is 2. The number of hydrogen-bond donors (Lipinski definition) is 0. The summed E-state index contributed by atoms with van der Waals surface area (Å²) in [6, 6.07) is 25.9. The quantitative estimate of drug-likeness (QED) is 0.239. The molecular formula is C40H41N7O2. The Kier molecular flexibility index (Phi) is 9.30. The summed E-state index contributed by atoms with van der Waals surface area (Å²) in [6.07, 6.45) is 2.25. The summed E-state index contributed by atoms with van der Waals surface area (Å²) in [5.74, 6) is -0.170. The maximum Gasteiger partial charge on any atom is 0.246 e. The van der Waals surface area contributed by atoms with Gasteiger partial charge in [0.2, 0.25) is 5.91 Å². The number of nitriles is 2. The van der Waals surface area contributed by atoms with E-state index in [1.807, 2.05) is 0 Å². The summed E-state index contributed by atoms with van der Waals surface area (Å²) in [4.78, 5) is 26.9. The second kappa shape index (κ2) is 14.1. The van der Waals surface area contributed by atoms with Gasteiger partial charge in [0, 0.05) is 68.0 Å². The van der Waals surface area contributed by atoms with Crippen molar-refractivity contribution in [1.29, 1.82) is 10.5 Å². The van der Waals surface area contributed by atoms with Gasteiger partial charge in [-0.3, -0.25) is 9.69 Å². The van der Waals surface area contributed by atoms with E-state index in [2.05, 4.69) is 101 Å². The molecule has 1 amide bonds. The maximum absolute atomic E-state index is 12.8. The molecule has 3 aromatic carbocycles. The number of carbonyl (C=O) groups excluding carboxylic acids is 1. The van der Waals surface area contributed by atoms with Gasteiger partial charge in [-0.2, -0.15) is 10.5 Å². The van der Waals surface area contributed by atoms with E-state index in [-0.39, 0.29) is 18.4 Å². The average Bonchev–Trinajstić information content (AvgIpc) is 3.14. The van der Waals surface area contributed by atoms with Crippen LogP contribution in [-0.4, -0.2) is 79.2 Å². The Bertz CT molecular complexity index is 1980. The SMILES string of the molecule is C=CC(=O)N1CCN(c2c(C#N)c(-c3cccc(CN4CCOCC4)c3)nc3c2CCN(c2cccc4cccc(C)c24)C3)C[C@@H]1CC#N. The first-order valence-electron chi connectivity index (χ1n) is 17.1. The molecule has 0 unspecified atom stereocenters. The Morgan fingerprint density at radius 1 is 1.02 bits per heavy atom. The molecule has 0 saturated carbocycles. The Labute approximate surface area is 288 Å². The van der Waals surface area contributed by atoms with Crippen molar-refractivity contribution in [3.05, 3.63) is 101 Å². The molecule has 9 nitrogen and oxygen atoms in total. The maximum atomic E-state index is 12.8. The lowest BCUT2D eigenvalue weighted by Gasteiger charge is -2.43. The van der Waals surface area contributed by atoms with E-state index in [1.165, 1.54) is 33.7 Å². The van der Waals surface area contributed by atoms with Crippen molar-refractivity contribution in [2.24, 2.45) is 0 Å². The van der Waals surface area contributed by atoms with Crippen molar-refractivity contribution >= 4 is 28.1 Å². The van der Waals surface area contributed by atoms with Crippen molar-refractivity contribution in [3.63, 3.8) is 0 Å². The van der Waals surface area contributed by atoms with Gasteiger partial charge in [-0.15, -0.1) is 0 Å². The number of rotatable bonds is 7. The molecular weight excluding hydrogens is 610 g/mol. The largest absolute Gasteiger partial charge is 0.379 e. The summed E-state index contributed by atoms with van der Waals surface area (Å²) in [7, 11) is 0. The molecule has 0 spiro atoms. The number of carbonyl (C=O) groups is 1. The third-order valence-corrected chi connectivity index (χ3v) is 10.2. The van der Waals surface area contributed by atoms with Crippen LogP contribution in [-0.2, 0) is 29.0 Å². The monoisotopic (exact) mass is 651 g/mol. The average molecular weight is 652 g/mol. The molecule has 248 valence electrons. The molecule has 4 heterocycles. The highest BCUT2D eigenvalue weighted by Crippen LogP contribution is 2.40. The number of aromatic nitrogens is 1. The molecule has 0 bridgehead atoms. The number of nitrogens with zero attached hydrogens (tertiary/aromatic N) is 7. The van der Waals surface area contributed by atoms with Crippen molar-refractivity contribution < 1.29 is 9.53 Å². The lowest BCUT2D eigenvalue weighted by atomic mass is 9.92. The zero-order valence-corrected chi connectivity index (χ0v) is 28.1. The molecule has 7 rings (SSSR count). The van der Waals surface area contributed by atoms with Crippen molar-refractivity contribution in [2.75, 3.05) is 62.3 Å². The molecule has 49 heavy (non-hydrogen) atoms. The number of piperazine rings is 1. The molecule has 0 N–H and O–H groups in total. The number of aryl methyl sites for hydroxylation is 1. The summed E-state index contributed by atoms with van der Waals surface area (Å²) in [6.45, 7) is 12.8. The third kappa shape index (κ3) is 6.36. The topological polar surface area (TPSA) is 99.7 Å². The van der Waals surface area contributed by atoms with E-state index in [9.17, 15) is 15.3 Å². The van der Waals surface area contributed by atoms with Gasteiger partial charge in [-0.1, -0.05) is 55.1 Å². The number of benzene rings is 3. The lowest BCUT2D eigenvalue weighted by molar-refractivity contribution is -0.128. The minimum absolute atomic E-state index is 0.170. The van der Waals surface area contributed by atoms with Crippen LogP contribution >= 0.6 is 0 Å². The molecule has 1 atom stereocenters. The van der Waals surface area contributed by atoms with Crippen LogP contribution in [0, 0.1) is 29.6 Å². The van der Waals surface area contributed by atoms with Gasteiger partial charge in [0.1, 0.15) is 11.6 Å². The minimum Gasteiger partial charge on any atom is -0.379 e. The van der Waals surface area contributed by atoms with Crippen LogP contribution in [0.2, 0.25) is 0 Å². The number of ether oxygens (including phenoxy) is 1. The van der Waals surface area contributed by atoms with Gasteiger partial charge >= 0.3 is 0 Å². The normalized spacial score (nSPS) is 18.1. The van der Waals surface area contributed by atoms with Crippen LogP contribution in [0.3, 0.4) is 0 Å². The zero-order valence-electron chi connectivity index (χ0n) is 28.1. The summed E-state index contributed by atoms with van der Waals surface area (Å²) >= 11 is 0. The second-order valence-corrected chi connectivity index (χ2v) is 13.1. The Morgan fingerprint density at radius 3 is 2.59 bits per heavy atom. The first-order chi connectivity index (χ1) is 24.0. The number of morpholine rings is 1. The Balaban J connectivity index is 1.33. The standard InChI is InChI=1S/C40H41N7O2/c1-3-37(48)47-18-17-46(26-32(47)13-15-41)40-33-14-16-45(36-12-6-10-30-9-4-7-28(2)38(30)36)27-35(33)43-39(34(40)24-42)31-11-5-8-29(23-31)25-44-19-21-49-22-20-44/h3-12,23,32H,1,13-14,16-22,25-27H2,2H3/t32-/m0/s1. The summed E-state index contributed by atoms with van der Waals surface area (Å²) < 4.78 is 5.56. The van der Waals surface area contributed by atoms with E-state index in [4.69, 9.17) is 9.72 Å². The summed E-state index contributed by atoms with van der Waals surface area (Å²) in [5, 5.41) is 23.0. The van der Waals surface area contributed by atoms with Crippen LogP contribution in [0.4, 0.5) is 11.4 Å². The highest BCUT2D eigenvalue weighted by molar-refractivity contribution is 5.97. The van der Waals surface area contributed by atoms with Crippen LogP contribution in [0.15, 0.2) is 73.3 Å². The third-order valence-electron chi connectivity index (χ3n) is 10.2. The predicted molar refractivity (Wildman–Crippen MR) is 192 cm³/mol. The van der Waals surface area contributed by atoms with E-state index in [1.54, 1.807) is 4.90 Å². The Hall–Kier alpha value is -5.22. The van der Waals surface area contributed by atoms with Gasteiger partial charge < -0.3 is 19.4 Å². The molecule has 3 aliphatic heterocycles. The predicted octanol–water partition coefficient (Wildman–Crippen LogP) is 5.59. The molecule has 0 radical (unpaired) electrons. The smallest absolute Gasteiger partial charge is 0.246 e. The first kappa shape index (κ1) is 32.3. The van der Waals surface area contributed by atoms with E-state index >= 15 is 0 Å². The number of hydrogen-bond acceptors (Lipinski definition) is 8. The molecule has 1 aromatic heterocycles. The van der Waals surface area contributed by atoms with Gasteiger partial charge in [-0.25, -0.2) is 4.98 Å². The van der Waals surface area contributed by atoms with Gasteiger partial charge in [0.25, 0.3) is 0 Å². The van der Waals surface area contributed by atoms with Gasteiger partial charge in [-0.05, 0) is 48.1 Å². The number of pyridine rings is 1. The van der Waals surface area contributed by atoms with Crippen LogP contribution < -0.4 is 9.80 Å². The van der Waals surface area contributed by atoms with Crippen LogP contribution in [0.1, 0.15) is 34.4 Å².